The van der Waals surface area contributed by atoms with Crippen LogP contribution in [0.1, 0.15) is 24.8 Å². The van der Waals surface area contributed by atoms with Gasteiger partial charge in [-0.3, -0.25) is 9.59 Å². The Morgan fingerprint density at radius 3 is 2.64 bits per heavy atom. The van der Waals surface area contributed by atoms with Crippen LogP contribution in [0, 0.1) is 12.8 Å². The Morgan fingerprint density at radius 1 is 1.14 bits per heavy atom. The number of aromatic nitrogens is 2. The van der Waals surface area contributed by atoms with Crippen LogP contribution < -0.4 is 10.5 Å². The third-order valence-corrected chi connectivity index (χ3v) is 6.14. The van der Waals surface area contributed by atoms with Crippen molar-refractivity contribution in [3.63, 3.8) is 0 Å². The summed E-state index contributed by atoms with van der Waals surface area (Å²) in [5.74, 6) is 0.486. The molecule has 0 spiro atoms. The first-order chi connectivity index (χ1) is 13.5. The molecule has 1 aromatic heterocycles. The summed E-state index contributed by atoms with van der Waals surface area (Å²) >= 11 is 12.6. The topological polar surface area (TPSA) is 58.4 Å². The van der Waals surface area contributed by atoms with Crippen molar-refractivity contribution >= 4 is 34.8 Å². The molecule has 0 atom stereocenters. The van der Waals surface area contributed by atoms with E-state index >= 15 is 0 Å². The predicted octanol–water partition coefficient (Wildman–Crippen LogP) is 3.30. The van der Waals surface area contributed by atoms with E-state index in [2.05, 4.69) is 5.10 Å². The van der Waals surface area contributed by atoms with Crippen LogP contribution in [0.4, 0.5) is 5.69 Å². The van der Waals surface area contributed by atoms with Gasteiger partial charge in [0.15, 0.2) is 0 Å². The summed E-state index contributed by atoms with van der Waals surface area (Å²) < 4.78 is 1.26. The van der Waals surface area contributed by atoms with Crippen molar-refractivity contribution in [2.75, 3.05) is 31.1 Å². The van der Waals surface area contributed by atoms with Gasteiger partial charge in [-0.1, -0.05) is 29.3 Å². The van der Waals surface area contributed by atoms with Crippen LogP contribution in [0.3, 0.4) is 0 Å². The van der Waals surface area contributed by atoms with Gasteiger partial charge >= 0.3 is 0 Å². The Balaban J connectivity index is 1.57. The van der Waals surface area contributed by atoms with Gasteiger partial charge in [-0.25, -0.2) is 0 Å². The van der Waals surface area contributed by atoms with E-state index in [1.165, 1.54) is 4.68 Å². The van der Waals surface area contributed by atoms with Gasteiger partial charge in [-0.15, -0.1) is 0 Å². The second kappa shape index (κ2) is 7.76. The highest BCUT2D eigenvalue weighted by molar-refractivity contribution is 6.33. The summed E-state index contributed by atoms with van der Waals surface area (Å²) in [6.07, 6.45) is 4.48. The normalized spacial score (nSPS) is 17.5. The van der Waals surface area contributed by atoms with Crippen molar-refractivity contribution in [1.82, 2.24) is 14.7 Å². The number of halogens is 2. The standard InChI is InChI=1S/C20H22Cl2N4O2/c1-13-3-6-15(11-16(13)21)26-20(28)18(22)17(12-23-26)24-7-2-8-25(10-9-24)19(27)14-4-5-14/h3,6,11-12,14H,2,4-5,7-10H2,1H3. The van der Waals surface area contributed by atoms with Gasteiger partial charge in [0.1, 0.15) is 5.02 Å². The molecule has 2 fully saturated rings. The Hall–Kier alpha value is -2.05. The molecule has 28 heavy (non-hydrogen) atoms. The number of benzene rings is 1. The molecular formula is C20H22Cl2N4O2. The lowest BCUT2D eigenvalue weighted by Crippen LogP contribution is -2.36. The van der Waals surface area contributed by atoms with Gasteiger partial charge in [-0.05, 0) is 43.9 Å². The number of hydrogen-bond donors (Lipinski definition) is 0. The molecular weight excluding hydrogens is 399 g/mol. The fourth-order valence-corrected chi connectivity index (χ4v) is 3.93. The lowest BCUT2D eigenvalue weighted by molar-refractivity contribution is -0.132. The van der Waals surface area contributed by atoms with Crippen LogP contribution in [-0.2, 0) is 4.79 Å². The maximum atomic E-state index is 12.8. The van der Waals surface area contributed by atoms with E-state index in [-0.39, 0.29) is 22.4 Å². The Labute approximate surface area is 173 Å². The van der Waals surface area contributed by atoms with Gasteiger partial charge in [0, 0.05) is 37.1 Å². The molecule has 148 valence electrons. The van der Waals surface area contributed by atoms with E-state index < -0.39 is 0 Å². The number of anilines is 1. The number of aryl methyl sites for hydroxylation is 1. The molecule has 0 radical (unpaired) electrons. The largest absolute Gasteiger partial charge is 0.367 e. The molecule has 2 aliphatic rings. The molecule has 1 aliphatic heterocycles. The van der Waals surface area contributed by atoms with E-state index in [1.807, 2.05) is 22.8 Å². The summed E-state index contributed by atoms with van der Waals surface area (Å²) in [6, 6.07) is 5.33. The highest BCUT2D eigenvalue weighted by atomic mass is 35.5. The molecule has 1 aromatic carbocycles. The highest BCUT2D eigenvalue weighted by Crippen LogP contribution is 2.31. The van der Waals surface area contributed by atoms with Crippen LogP contribution in [0.5, 0.6) is 0 Å². The molecule has 0 bridgehead atoms. The number of nitrogens with zero attached hydrogens (tertiary/aromatic N) is 4. The van der Waals surface area contributed by atoms with Crippen LogP contribution in [0.2, 0.25) is 10.0 Å². The molecule has 2 heterocycles. The van der Waals surface area contributed by atoms with Crippen LogP contribution in [0.25, 0.3) is 5.69 Å². The molecule has 2 aromatic rings. The Kier molecular flexibility index (Phi) is 5.34. The predicted molar refractivity (Wildman–Crippen MR) is 111 cm³/mol. The molecule has 0 N–H and O–H groups in total. The van der Waals surface area contributed by atoms with Crippen molar-refractivity contribution in [1.29, 1.82) is 0 Å². The van der Waals surface area contributed by atoms with Gasteiger partial charge < -0.3 is 9.80 Å². The zero-order chi connectivity index (χ0) is 19.8. The third-order valence-electron chi connectivity index (χ3n) is 5.38. The molecule has 8 heteroatoms. The second-order valence-corrected chi connectivity index (χ2v) is 8.22. The van der Waals surface area contributed by atoms with Gasteiger partial charge in [0.05, 0.1) is 17.6 Å². The molecule has 1 saturated carbocycles. The minimum Gasteiger partial charge on any atom is -0.367 e. The monoisotopic (exact) mass is 420 g/mol. The highest BCUT2D eigenvalue weighted by Gasteiger charge is 2.34. The quantitative estimate of drug-likeness (QED) is 0.763. The minimum absolute atomic E-state index is 0.133. The van der Waals surface area contributed by atoms with Crippen molar-refractivity contribution in [3.05, 3.63) is 50.4 Å². The number of rotatable bonds is 3. The zero-order valence-electron chi connectivity index (χ0n) is 15.7. The first-order valence-corrected chi connectivity index (χ1v) is 10.3. The second-order valence-electron chi connectivity index (χ2n) is 7.43. The van der Waals surface area contributed by atoms with Crippen LogP contribution in [0.15, 0.2) is 29.2 Å². The molecule has 1 amide bonds. The first-order valence-electron chi connectivity index (χ1n) is 9.54. The number of amides is 1. The van der Waals surface area contributed by atoms with Crippen molar-refractivity contribution in [2.45, 2.75) is 26.2 Å². The summed E-state index contributed by atoms with van der Waals surface area (Å²) in [7, 11) is 0. The van der Waals surface area contributed by atoms with E-state index in [1.54, 1.807) is 18.3 Å². The number of carbonyl (C=O) groups excluding carboxylic acids is 1. The Morgan fingerprint density at radius 2 is 1.93 bits per heavy atom. The Bertz CT molecular complexity index is 971. The zero-order valence-corrected chi connectivity index (χ0v) is 17.2. The average molecular weight is 421 g/mol. The first kappa shape index (κ1) is 19.3. The van der Waals surface area contributed by atoms with Crippen molar-refractivity contribution < 1.29 is 4.79 Å². The van der Waals surface area contributed by atoms with Crippen molar-refractivity contribution in [2.24, 2.45) is 5.92 Å². The third kappa shape index (κ3) is 3.76. The molecule has 4 rings (SSSR count). The molecule has 6 nitrogen and oxygen atoms in total. The minimum atomic E-state index is -0.380. The molecule has 1 aliphatic carbocycles. The lowest BCUT2D eigenvalue weighted by Gasteiger charge is -2.24. The van der Waals surface area contributed by atoms with Crippen LogP contribution >= 0.6 is 23.2 Å². The van der Waals surface area contributed by atoms with Crippen LogP contribution in [-0.4, -0.2) is 46.8 Å². The molecule has 1 saturated heterocycles. The summed E-state index contributed by atoms with van der Waals surface area (Å²) in [4.78, 5) is 29.1. The smallest absolute Gasteiger partial charge is 0.292 e. The van der Waals surface area contributed by atoms with E-state index in [4.69, 9.17) is 23.2 Å². The van der Waals surface area contributed by atoms with E-state index in [9.17, 15) is 9.59 Å². The fraction of sp³-hybridized carbons (Fsp3) is 0.450. The maximum absolute atomic E-state index is 12.8. The van der Waals surface area contributed by atoms with Gasteiger partial charge in [-0.2, -0.15) is 9.78 Å². The fourth-order valence-electron chi connectivity index (χ4n) is 3.51. The molecule has 0 unspecified atom stereocenters. The van der Waals surface area contributed by atoms with Gasteiger partial charge in [0.25, 0.3) is 5.56 Å². The van der Waals surface area contributed by atoms with E-state index in [0.29, 0.717) is 29.5 Å². The SMILES string of the molecule is Cc1ccc(-n2ncc(N3CCCN(C(=O)C4CC4)CC3)c(Cl)c2=O)cc1Cl. The summed E-state index contributed by atoms with van der Waals surface area (Å²) in [5.41, 5.74) is 1.73. The summed E-state index contributed by atoms with van der Waals surface area (Å²) in [6.45, 7) is 4.66. The number of carbonyl (C=O) groups is 1. The average Bonchev–Trinajstić information content (AvgIpc) is 3.53. The van der Waals surface area contributed by atoms with E-state index in [0.717, 1.165) is 37.9 Å². The summed E-state index contributed by atoms with van der Waals surface area (Å²) in [5, 5.41) is 5.02. The lowest BCUT2D eigenvalue weighted by atomic mass is 10.2. The number of hydrogen-bond acceptors (Lipinski definition) is 4. The van der Waals surface area contributed by atoms with Gasteiger partial charge in [0.2, 0.25) is 5.91 Å². The van der Waals surface area contributed by atoms with Crippen molar-refractivity contribution in [3.8, 4) is 5.69 Å². The maximum Gasteiger partial charge on any atom is 0.292 e.